The first-order valence-electron chi connectivity index (χ1n) is 10.3. The summed E-state index contributed by atoms with van der Waals surface area (Å²) >= 11 is 1.45. The second kappa shape index (κ2) is 15.8. The van der Waals surface area contributed by atoms with Crippen LogP contribution in [0.4, 0.5) is 0 Å². The maximum absolute atomic E-state index is 12.6. The number of unbranched alkanes of at least 4 members (excludes halogenated alkanes) is 1. The van der Waals surface area contributed by atoms with Crippen molar-refractivity contribution < 1.29 is 29.4 Å². The fraction of sp³-hybridized carbons (Fsp3) is 0.789. The largest absolute Gasteiger partial charge is 0.480 e. The van der Waals surface area contributed by atoms with E-state index in [4.69, 9.17) is 11.5 Å². The third-order valence-electron chi connectivity index (χ3n) is 4.60. The van der Waals surface area contributed by atoms with Gasteiger partial charge in [-0.3, -0.25) is 14.4 Å². The van der Waals surface area contributed by atoms with E-state index in [-0.39, 0.29) is 12.3 Å². The summed E-state index contributed by atoms with van der Waals surface area (Å²) in [5.74, 6) is -3.01. The molecular weight excluding hydrogens is 426 g/mol. The smallest absolute Gasteiger partial charge is 0.326 e. The topological polar surface area (TPSA) is 197 Å². The van der Waals surface area contributed by atoms with Gasteiger partial charge in [-0.1, -0.05) is 20.3 Å². The molecule has 12 heteroatoms. The summed E-state index contributed by atoms with van der Waals surface area (Å²) in [5, 5.41) is 26.1. The van der Waals surface area contributed by atoms with Gasteiger partial charge in [0.1, 0.15) is 18.1 Å². The minimum atomic E-state index is -1.29. The van der Waals surface area contributed by atoms with Crippen LogP contribution in [-0.2, 0) is 19.2 Å². The molecule has 180 valence electrons. The quantitative estimate of drug-likeness (QED) is 0.132. The van der Waals surface area contributed by atoms with Crippen molar-refractivity contribution in [3.05, 3.63) is 0 Å². The monoisotopic (exact) mass is 463 g/mol. The molecule has 0 saturated carbocycles. The van der Waals surface area contributed by atoms with Crippen LogP contribution in [0.3, 0.4) is 0 Å². The van der Waals surface area contributed by atoms with Crippen molar-refractivity contribution in [3.63, 3.8) is 0 Å². The Morgan fingerprint density at radius 1 is 0.935 bits per heavy atom. The predicted molar refractivity (Wildman–Crippen MR) is 119 cm³/mol. The van der Waals surface area contributed by atoms with E-state index in [1.54, 1.807) is 13.8 Å². The molecule has 0 bridgehead atoms. The van der Waals surface area contributed by atoms with E-state index >= 15 is 0 Å². The van der Waals surface area contributed by atoms with Crippen molar-refractivity contribution in [1.29, 1.82) is 0 Å². The zero-order valence-electron chi connectivity index (χ0n) is 18.4. The first-order valence-corrected chi connectivity index (χ1v) is 11.7. The molecular formula is C19H37N5O6S. The van der Waals surface area contributed by atoms with Crippen LogP contribution in [0.1, 0.15) is 39.5 Å². The van der Waals surface area contributed by atoms with Crippen LogP contribution in [0, 0.1) is 5.92 Å². The average molecular weight is 464 g/mol. The number of hydrogen-bond acceptors (Lipinski definition) is 8. The lowest BCUT2D eigenvalue weighted by Gasteiger charge is -2.25. The van der Waals surface area contributed by atoms with Crippen LogP contribution in [0.25, 0.3) is 0 Å². The average Bonchev–Trinajstić information content (AvgIpc) is 2.71. The van der Waals surface area contributed by atoms with E-state index in [0.29, 0.717) is 31.6 Å². The minimum Gasteiger partial charge on any atom is -0.480 e. The van der Waals surface area contributed by atoms with Gasteiger partial charge >= 0.3 is 5.97 Å². The van der Waals surface area contributed by atoms with Crippen molar-refractivity contribution in [2.24, 2.45) is 17.4 Å². The highest BCUT2D eigenvalue weighted by atomic mass is 32.2. The molecule has 0 aromatic carbocycles. The van der Waals surface area contributed by atoms with E-state index in [9.17, 15) is 29.4 Å². The Balaban J connectivity index is 5.10. The minimum absolute atomic E-state index is 0.244. The molecule has 0 fully saturated rings. The lowest BCUT2D eigenvalue weighted by Crippen LogP contribution is -2.58. The molecule has 0 aliphatic rings. The second-order valence-electron chi connectivity index (χ2n) is 7.55. The molecule has 11 nitrogen and oxygen atoms in total. The van der Waals surface area contributed by atoms with Crippen LogP contribution in [0.2, 0.25) is 0 Å². The van der Waals surface area contributed by atoms with Crippen molar-refractivity contribution in [3.8, 4) is 0 Å². The van der Waals surface area contributed by atoms with E-state index in [1.165, 1.54) is 11.8 Å². The fourth-order valence-electron chi connectivity index (χ4n) is 2.66. The Morgan fingerprint density at radius 2 is 1.52 bits per heavy atom. The maximum atomic E-state index is 12.6. The zero-order chi connectivity index (χ0) is 24.0. The summed E-state index contributed by atoms with van der Waals surface area (Å²) in [5.41, 5.74) is 11.2. The summed E-state index contributed by atoms with van der Waals surface area (Å²) in [7, 11) is 0. The molecule has 3 amide bonds. The number of carboxylic acid groups (broad SMARTS) is 1. The van der Waals surface area contributed by atoms with Gasteiger partial charge in [-0.15, -0.1) is 0 Å². The molecule has 4 atom stereocenters. The number of aliphatic hydroxyl groups excluding tert-OH is 1. The maximum Gasteiger partial charge on any atom is 0.326 e. The number of nitrogens with one attached hydrogen (secondary N) is 3. The van der Waals surface area contributed by atoms with Gasteiger partial charge in [-0.25, -0.2) is 4.79 Å². The summed E-state index contributed by atoms with van der Waals surface area (Å²) in [6.45, 7) is 3.11. The van der Waals surface area contributed by atoms with Gasteiger partial charge in [0, 0.05) is 0 Å². The molecule has 0 radical (unpaired) electrons. The van der Waals surface area contributed by atoms with Gasteiger partial charge in [-0.2, -0.15) is 11.8 Å². The number of nitrogens with two attached hydrogens (primary N) is 2. The number of carboxylic acids is 1. The number of carbonyl (C=O) groups is 4. The lowest BCUT2D eigenvalue weighted by atomic mass is 10.0. The Hall–Kier alpha value is -1.89. The molecule has 0 heterocycles. The number of amides is 3. The molecule has 0 aromatic rings. The Kier molecular flexibility index (Phi) is 14.9. The van der Waals surface area contributed by atoms with E-state index in [1.807, 2.05) is 6.26 Å². The van der Waals surface area contributed by atoms with Crippen LogP contribution in [-0.4, -0.2) is 83.2 Å². The van der Waals surface area contributed by atoms with Crippen LogP contribution in [0.5, 0.6) is 0 Å². The van der Waals surface area contributed by atoms with E-state index < -0.39 is 54.5 Å². The summed E-state index contributed by atoms with van der Waals surface area (Å²) < 4.78 is 0. The highest BCUT2D eigenvalue weighted by Crippen LogP contribution is 2.06. The summed E-state index contributed by atoms with van der Waals surface area (Å²) in [6.07, 6.45) is 3.82. The molecule has 0 rings (SSSR count). The first kappa shape index (κ1) is 29.1. The third-order valence-corrected chi connectivity index (χ3v) is 5.24. The number of thioether (sulfide) groups is 1. The highest BCUT2D eigenvalue weighted by Gasteiger charge is 2.30. The third kappa shape index (κ3) is 11.3. The van der Waals surface area contributed by atoms with Gasteiger partial charge in [0.2, 0.25) is 17.7 Å². The van der Waals surface area contributed by atoms with Crippen molar-refractivity contribution in [2.75, 3.05) is 25.2 Å². The summed E-state index contributed by atoms with van der Waals surface area (Å²) in [6, 6.07) is -4.28. The molecule has 31 heavy (non-hydrogen) atoms. The molecule has 0 aromatic heterocycles. The van der Waals surface area contributed by atoms with Gasteiger partial charge in [0.05, 0.1) is 12.6 Å². The SMILES string of the molecule is CSCCC(NC(=O)C(CO)NC(=O)C(N)CCCCN)C(=O)NC(C(=O)O)C(C)C. The van der Waals surface area contributed by atoms with Crippen LogP contribution in [0.15, 0.2) is 0 Å². The van der Waals surface area contributed by atoms with Crippen molar-refractivity contribution in [1.82, 2.24) is 16.0 Å². The van der Waals surface area contributed by atoms with Crippen molar-refractivity contribution in [2.45, 2.75) is 63.7 Å². The number of carbonyl (C=O) groups excluding carboxylic acids is 3. The summed E-state index contributed by atoms with van der Waals surface area (Å²) in [4.78, 5) is 48.7. The fourth-order valence-corrected chi connectivity index (χ4v) is 3.13. The lowest BCUT2D eigenvalue weighted by molar-refractivity contribution is -0.143. The zero-order valence-corrected chi connectivity index (χ0v) is 19.2. The van der Waals surface area contributed by atoms with Gasteiger partial charge in [0.25, 0.3) is 0 Å². The van der Waals surface area contributed by atoms with Gasteiger partial charge in [0.15, 0.2) is 0 Å². The van der Waals surface area contributed by atoms with E-state index in [0.717, 1.165) is 0 Å². The first-order chi connectivity index (χ1) is 14.6. The predicted octanol–water partition coefficient (Wildman–Crippen LogP) is -1.62. The van der Waals surface area contributed by atoms with Crippen LogP contribution >= 0.6 is 11.8 Å². The van der Waals surface area contributed by atoms with E-state index in [2.05, 4.69) is 16.0 Å². The highest BCUT2D eigenvalue weighted by molar-refractivity contribution is 7.98. The number of rotatable bonds is 16. The Labute approximate surface area is 187 Å². The molecule has 0 spiro atoms. The molecule has 9 N–H and O–H groups in total. The molecule has 0 aliphatic heterocycles. The molecule has 0 saturated heterocycles. The second-order valence-corrected chi connectivity index (χ2v) is 8.53. The Bertz CT molecular complexity index is 592. The molecule has 4 unspecified atom stereocenters. The standard InChI is InChI=1S/C19H37N5O6S/c1-11(2)15(19(29)30)24-17(27)13(7-9-31-3)22-18(28)14(10-25)23-16(26)12(21)6-4-5-8-20/h11-15,25H,4-10,20-21H2,1-3H3,(H,22,28)(H,23,26)(H,24,27)(H,29,30). The van der Waals surface area contributed by atoms with Gasteiger partial charge < -0.3 is 37.6 Å². The van der Waals surface area contributed by atoms with Gasteiger partial charge in [-0.05, 0) is 43.7 Å². The Morgan fingerprint density at radius 3 is 2.00 bits per heavy atom. The number of aliphatic hydroxyl groups is 1. The normalized spacial score (nSPS) is 14.9. The molecule has 0 aliphatic carbocycles. The number of aliphatic carboxylic acids is 1. The number of hydrogen-bond donors (Lipinski definition) is 7. The van der Waals surface area contributed by atoms with Crippen LogP contribution < -0.4 is 27.4 Å². The van der Waals surface area contributed by atoms with Crippen molar-refractivity contribution >= 4 is 35.5 Å².